The van der Waals surface area contributed by atoms with Crippen LogP contribution in [0.1, 0.15) is 57.6 Å². The molecule has 1 heterocycles. The first-order chi connectivity index (χ1) is 13.8. The number of nitro groups is 1. The average molecular weight is 403 g/mol. The van der Waals surface area contributed by atoms with Gasteiger partial charge >= 0.3 is 0 Å². The largest absolute Gasteiger partial charge is 0.394 e. The van der Waals surface area contributed by atoms with E-state index in [0.29, 0.717) is 5.56 Å². The van der Waals surface area contributed by atoms with Crippen LogP contribution in [-0.4, -0.2) is 51.2 Å². The smallest absolute Gasteiger partial charge is 0.269 e. The van der Waals surface area contributed by atoms with Gasteiger partial charge in [-0.05, 0) is 36.0 Å². The van der Waals surface area contributed by atoms with E-state index in [1.807, 2.05) is 0 Å². The Kier molecular flexibility index (Phi) is 6.70. The number of aliphatic hydroxyl groups excluding tert-OH is 2. The molecule has 0 bridgehead atoms. The maximum atomic E-state index is 10.8. The Hall–Kier alpha value is -2.25. The van der Waals surface area contributed by atoms with E-state index >= 15 is 0 Å². The molecule has 1 aromatic rings. The van der Waals surface area contributed by atoms with Gasteiger partial charge in [-0.25, -0.2) is 4.58 Å². The molecule has 0 radical (unpaired) electrons. The standard InChI is InChI=1S/C22H31N3O4/c1-22(2)13-17(12-19(14-22)24-10-4-3-5-11-24)23-20(15-26)21(27)16-6-8-18(9-7-16)25(28)29/h6-9,12,20-21,26-27H,3-5,10-11,13-15H2,1-2H3/p+1/t20-,21+/m0/s1. The zero-order chi connectivity index (χ0) is 21.0. The SMILES string of the molecule is CC1(C)CC(N[C@@H](CO)[C@H](O)c2ccc([N+](=O)[O-])cc2)=CC(=[N+]2CCCCC2)C1. The molecule has 3 rings (SSSR count). The lowest BCUT2D eigenvalue weighted by Crippen LogP contribution is -2.41. The molecule has 1 fully saturated rings. The van der Waals surface area contributed by atoms with Crippen LogP contribution in [0.15, 0.2) is 36.0 Å². The number of hydrogen-bond acceptors (Lipinski definition) is 5. The number of nitro benzene ring substituents is 1. The second kappa shape index (κ2) is 9.05. The molecule has 158 valence electrons. The van der Waals surface area contributed by atoms with E-state index in [0.717, 1.165) is 31.6 Å². The first-order valence-corrected chi connectivity index (χ1v) is 10.4. The molecule has 1 aliphatic heterocycles. The fraction of sp³-hybridized carbons (Fsp3) is 0.591. The number of nitrogens with one attached hydrogen (secondary N) is 1. The maximum absolute atomic E-state index is 10.8. The van der Waals surface area contributed by atoms with Crippen molar-refractivity contribution in [3.05, 3.63) is 51.7 Å². The Bertz CT molecular complexity index is 791. The highest BCUT2D eigenvalue weighted by atomic mass is 16.6. The average Bonchev–Trinajstić information content (AvgIpc) is 2.71. The Balaban J connectivity index is 1.79. The number of benzene rings is 1. The van der Waals surface area contributed by atoms with Crippen LogP contribution >= 0.6 is 0 Å². The van der Waals surface area contributed by atoms with Crippen molar-refractivity contribution in [1.82, 2.24) is 5.32 Å². The van der Waals surface area contributed by atoms with E-state index in [4.69, 9.17) is 0 Å². The number of allylic oxidation sites excluding steroid dienone is 2. The molecule has 3 N–H and O–H groups in total. The number of piperidine rings is 1. The van der Waals surface area contributed by atoms with Gasteiger partial charge in [0.15, 0.2) is 5.71 Å². The summed E-state index contributed by atoms with van der Waals surface area (Å²) in [6, 6.07) is 5.24. The summed E-state index contributed by atoms with van der Waals surface area (Å²) in [4.78, 5) is 10.4. The molecule has 0 unspecified atom stereocenters. The molecular formula is C22H32N3O4+. The van der Waals surface area contributed by atoms with Gasteiger partial charge in [0.2, 0.25) is 0 Å². The normalized spacial score (nSPS) is 21.3. The van der Waals surface area contributed by atoms with E-state index in [1.165, 1.54) is 49.2 Å². The van der Waals surface area contributed by atoms with Crippen LogP contribution in [0.4, 0.5) is 5.69 Å². The summed E-state index contributed by atoms with van der Waals surface area (Å²) in [5.74, 6) is 0. The van der Waals surface area contributed by atoms with Gasteiger partial charge in [-0.3, -0.25) is 10.1 Å². The Morgan fingerprint density at radius 3 is 2.41 bits per heavy atom. The Morgan fingerprint density at radius 2 is 1.83 bits per heavy atom. The van der Waals surface area contributed by atoms with Gasteiger partial charge in [0.05, 0.1) is 17.6 Å². The van der Waals surface area contributed by atoms with Crippen LogP contribution in [0.5, 0.6) is 0 Å². The first kappa shape index (κ1) is 21.5. The minimum Gasteiger partial charge on any atom is -0.394 e. The minimum atomic E-state index is -0.967. The lowest BCUT2D eigenvalue weighted by Gasteiger charge is -2.33. The van der Waals surface area contributed by atoms with E-state index in [9.17, 15) is 20.3 Å². The van der Waals surface area contributed by atoms with Crippen molar-refractivity contribution >= 4 is 11.4 Å². The van der Waals surface area contributed by atoms with Crippen LogP contribution in [-0.2, 0) is 0 Å². The van der Waals surface area contributed by atoms with E-state index < -0.39 is 17.1 Å². The summed E-state index contributed by atoms with van der Waals surface area (Å²) in [5.41, 5.74) is 2.96. The van der Waals surface area contributed by atoms with Gasteiger partial charge in [0.1, 0.15) is 19.2 Å². The second-order valence-electron chi connectivity index (χ2n) is 8.95. The van der Waals surface area contributed by atoms with Crippen LogP contribution in [0.3, 0.4) is 0 Å². The third-order valence-electron chi connectivity index (χ3n) is 5.83. The molecule has 0 spiro atoms. The van der Waals surface area contributed by atoms with Crippen LogP contribution in [0, 0.1) is 15.5 Å². The van der Waals surface area contributed by atoms with Gasteiger partial charge in [0, 0.05) is 43.2 Å². The monoisotopic (exact) mass is 402 g/mol. The predicted octanol–water partition coefficient (Wildman–Crippen LogP) is 2.92. The quantitative estimate of drug-likeness (QED) is 0.386. The third kappa shape index (κ3) is 5.42. The van der Waals surface area contributed by atoms with Gasteiger partial charge in [0.25, 0.3) is 5.69 Å². The number of nitrogens with zero attached hydrogens (tertiary/aromatic N) is 2. The minimum absolute atomic E-state index is 0.0213. The molecule has 7 nitrogen and oxygen atoms in total. The number of non-ortho nitro benzene ring substituents is 1. The zero-order valence-electron chi connectivity index (χ0n) is 17.3. The van der Waals surface area contributed by atoms with Gasteiger partial charge in [-0.15, -0.1) is 0 Å². The highest BCUT2D eigenvalue weighted by molar-refractivity contribution is 5.92. The molecule has 29 heavy (non-hydrogen) atoms. The molecule has 1 saturated heterocycles. The van der Waals surface area contributed by atoms with E-state index in [-0.39, 0.29) is 17.7 Å². The van der Waals surface area contributed by atoms with Crippen molar-refractivity contribution in [2.45, 2.75) is 58.1 Å². The maximum Gasteiger partial charge on any atom is 0.269 e. The molecule has 2 atom stereocenters. The van der Waals surface area contributed by atoms with Gasteiger partial charge in [-0.2, -0.15) is 0 Å². The molecular weight excluding hydrogens is 370 g/mol. The summed E-state index contributed by atoms with van der Waals surface area (Å²) in [7, 11) is 0. The lowest BCUT2D eigenvalue weighted by atomic mass is 9.78. The second-order valence-corrected chi connectivity index (χ2v) is 8.95. The highest BCUT2D eigenvalue weighted by Crippen LogP contribution is 2.34. The fourth-order valence-corrected chi connectivity index (χ4v) is 4.34. The molecule has 0 aromatic heterocycles. The topological polar surface area (TPSA) is 98.6 Å². The van der Waals surface area contributed by atoms with Crippen molar-refractivity contribution in [2.75, 3.05) is 19.7 Å². The Labute approximate surface area is 171 Å². The van der Waals surface area contributed by atoms with E-state index in [2.05, 4.69) is 29.8 Å². The number of rotatable bonds is 6. The van der Waals surface area contributed by atoms with Gasteiger partial charge < -0.3 is 15.5 Å². The van der Waals surface area contributed by atoms with Gasteiger partial charge in [-0.1, -0.05) is 13.8 Å². The van der Waals surface area contributed by atoms with Crippen molar-refractivity contribution in [2.24, 2.45) is 5.41 Å². The molecule has 1 aliphatic carbocycles. The summed E-state index contributed by atoms with van der Waals surface area (Å²) >= 11 is 0. The third-order valence-corrected chi connectivity index (χ3v) is 5.83. The number of aliphatic hydroxyl groups is 2. The summed E-state index contributed by atoms with van der Waals surface area (Å²) in [6.45, 7) is 6.42. The highest BCUT2D eigenvalue weighted by Gasteiger charge is 2.33. The zero-order valence-corrected chi connectivity index (χ0v) is 17.3. The fourth-order valence-electron chi connectivity index (χ4n) is 4.34. The molecule has 0 amide bonds. The molecule has 2 aliphatic rings. The van der Waals surface area contributed by atoms with Crippen molar-refractivity contribution < 1.29 is 19.7 Å². The van der Waals surface area contributed by atoms with Crippen LogP contribution in [0.25, 0.3) is 0 Å². The predicted molar refractivity (Wildman–Crippen MR) is 112 cm³/mol. The van der Waals surface area contributed by atoms with Crippen LogP contribution in [0.2, 0.25) is 0 Å². The summed E-state index contributed by atoms with van der Waals surface area (Å²) in [5, 5.41) is 34.8. The lowest BCUT2D eigenvalue weighted by molar-refractivity contribution is -0.538. The molecule has 0 saturated carbocycles. The molecule has 1 aromatic carbocycles. The van der Waals surface area contributed by atoms with Crippen molar-refractivity contribution in [3.63, 3.8) is 0 Å². The first-order valence-electron chi connectivity index (χ1n) is 10.4. The van der Waals surface area contributed by atoms with Crippen molar-refractivity contribution in [1.29, 1.82) is 0 Å². The van der Waals surface area contributed by atoms with Crippen molar-refractivity contribution in [3.8, 4) is 0 Å². The summed E-state index contributed by atoms with van der Waals surface area (Å²) in [6.07, 6.45) is 6.81. The Morgan fingerprint density at radius 1 is 1.17 bits per heavy atom. The molecule has 7 heteroatoms. The van der Waals surface area contributed by atoms with E-state index in [1.54, 1.807) is 0 Å². The summed E-state index contributed by atoms with van der Waals surface area (Å²) < 4.78 is 2.47. The number of hydrogen-bond donors (Lipinski definition) is 3. The van der Waals surface area contributed by atoms with Crippen LogP contribution < -0.4 is 5.32 Å².